The van der Waals surface area contributed by atoms with Crippen LogP contribution in [0.15, 0.2) is 109 Å². The summed E-state index contributed by atoms with van der Waals surface area (Å²) in [5.41, 5.74) is 8.96. The van der Waals surface area contributed by atoms with Crippen LogP contribution in [-0.2, 0) is 0 Å². The zero-order valence-corrected chi connectivity index (χ0v) is 19.3. The topological polar surface area (TPSA) is 33.1 Å². The zero-order chi connectivity index (χ0) is 23.1. The predicted molar refractivity (Wildman–Crippen MR) is 141 cm³/mol. The Labute approximate surface area is 200 Å². The molecule has 1 aliphatic heterocycles. The van der Waals surface area contributed by atoms with E-state index in [1.165, 1.54) is 11.3 Å². The fourth-order valence-corrected chi connectivity index (χ4v) is 4.75. The quantitative estimate of drug-likeness (QED) is 0.328. The molecule has 0 saturated carbocycles. The molecule has 1 aliphatic rings. The van der Waals surface area contributed by atoms with E-state index in [0.29, 0.717) is 0 Å². The summed E-state index contributed by atoms with van der Waals surface area (Å²) in [6.07, 6.45) is -0.0821. The van der Waals surface area contributed by atoms with Crippen molar-refractivity contribution in [2.75, 3.05) is 24.3 Å². The molecular weight excluding hydrogens is 416 g/mol. The Balaban J connectivity index is 1.64. The number of imidazole rings is 1. The first-order valence-corrected chi connectivity index (χ1v) is 11.6. The number of rotatable bonds is 4. The molecule has 1 unspecified atom stereocenters. The smallest absolute Gasteiger partial charge is 0.145 e. The van der Waals surface area contributed by atoms with Crippen molar-refractivity contribution in [3.8, 4) is 33.9 Å². The minimum absolute atomic E-state index is 0.0821. The number of para-hydroxylation sites is 1. The largest absolute Gasteiger partial charge is 0.378 e. The minimum Gasteiger partial charge on any atom is -0.378 e. The van der Waals surface area contributed by atoms with Gasteiger partial charge in [0.2, 0.25) is 0 Å². The van der Waals surface area contributed by atoms with E-state index in [2.05, 4.69) is 132 Å². The lowest BCUT2D eigenvalue weighted by atomic mass is 10.0. The van der Waals surface area contributed by atoms with E-state index in [1.54, 1.807) is 0 Å². The fraction of sp³-hybridized carbons (Fsp3) is 0.100. The molecule has 0 saturated heterocycles. The highest BCUT2D eigenvalue weighted by atomic mass is 15.3. The third kappa shape index (κ3) is 3.35. The van der Waals surface area contributed by atoms with Crippen LogP contribution in [0, 0.1) is 0 Å². The highest BCUT2D eigenvalue weighted by Crippen LogP contribution is 2.45. The van der Waals surface area contributed by atoms with Crippen LogP contribution in [0.2, 0.25) is 0 Å². The molecule has 0 fully saturated rings. The van der Waals surface area contributed by atoms with Crippen LogP contribution in [0.4, 0.5) is 11.4 Å². The van der Waals surface area contributed by atoms with Crippen LogP contribution in [0.3, 0.4) is 0 Å². The Morgan fingerprint density at radius 2 is 1.32 bits per heavy atom. The van der Waals surface area contributed by atoms with Crippen molar-refractivity contribution in [1.82, 2.24) is 9.55 Å². The SMILES string of the molecule is CN(C)c1ccc(C2Nc3ccccc3-c3nc(-c4ccccc4)c(-c4ccccc4)n32)cc1. The van der Waals surface area contributed by atoms with E-state index < -0.39 is 0 Å². The van der Waals surface area contributed by atoms with Crippen molar-refractivity contribution >= 4 is 11.4 Å². The number of fused-ring (bicyclic) bond motifs is 3. The first-order chi connectivity index (χ1) is 16.7. The summed E-state index contributed by atoms with van der Waals surface area (Å²) in [5, 5.41) is 3.80. The molecule has 0 radical (unpaired) electrons. The first kappa shape index (κ1) is 20.3. The predicted octanol–water partition coefficient (Wildman–Crippen LogP) is 6.92. The van der Waals surface area contributed by atoms with Gasteiger partial charge in [-0.1, -0.05) is 84.9 Å². The fourth-order valence-electron chi connectivity index (χ4n) is 4.75. The van der Waals surface area contributed by atoms with Crippen molar-refractivity contribution in [2.24, 2.45) is 0 Å². The number of aromatic nitrogens is 2. The molecule has 166 valence electrons. The summed E-state index contributed by atoms with van der Waals surface area (Å²) in [4.78, 5) is 7.40. The molecule has 0 bridgehead atoms. The highest BCUT2D eigenvalue weighted by molar-refractivity contribution is 5.87. The molecule has 34 heavy (non-hydrogen) atoms. The molecule has 4 heteroatoms. The molecule has 4 nitrogen and oxygen atoms in total. The van der Waals surface area contributed by atoms with Crippen LogP contribution in [0.25, 0.3) is 33.9 Å². The van der Waals surface area contributed by atoms with E-state index in [4.69, 9.17) is 4.98 Å². The molecule has 5 aromatic rings. The third-order valence-corrected chi connectivity index (χ3v) is 6.45. The summed E-state index contributed by atoms with van der Waals surface area (Å²) < 4.78 is 2.37. The lowest BCUT2D eigenvalue weighted by Gasteiger charge is -2.31. The van der Waals surface area contributed by atoms with Gasteiger partial charge in [0.25, 0.3) is 0 Å². The van der Waals surface area contributed by atoms with Crippen LogP contribution in [0.1, 0.15) is 11.7 Å². The Morgan fingerprint density at radius 1 is 0.706 bits per heavy atom. The summed E-state index contributed by atoms with van der Waals surface area (Å²) in [5.74, 6) is 0.980. The van der Waals surface area contributed by atoms with Gasteiger partial charge in [0.05, 0.1) is 11.4 Å². The molecule has 1 aromatic heterocycles. The minimum atomic E-state index is -0.0821. The van der Waals surface area contributed by atoms with E-state index >= 15 is 0 Å². The van der Waals surface area contributed by atoms with Gasteiger partial charge in [0, 0.05) is 42.2 Å². The molecule has 4 aromatic carbocycles. The first-order valence-electron chi connectivity index (χ1n) is 11.6. The molecule has 1 N–H and O–H groups in total. The Kier molecular flexibility index (Phi) is 4.92. The maximum absolute atomic E-state index is 5.27. The Hall–Kier alpha value is -4.31. The maximum atomic E-state index is 5.27. The van der Waals surface area contributed by atoms with Gasteiger partial charge in [0.1, 0.15) is 12.0 Å². The average molecular weight is 443 g/mol. The number of anilines is 2. The van der Waals surface area contributed by atoms with Crippen molar-refractivity contribution in [1.29, 1.82) is 0 Å². The lowest BCUT2D eigenvalue weighted by Crippen LogP contribution is -2.25. The number of hydrogen-bond donors (Lipinski definition) is 1. The maximum Gasteiger partial charge on any atom is 0.145 e. The van der Waals surface area contributed by atoms with Gasteiger partial charge in [-0.15, -0.1) is 0 Å². The highest BCUT2D eigenvalue weighted by Gasteiger charge is 2.31. The number of nitrogens with one attached hydrogen (secondary N) is 1. The molecule has 0 aliphatic carbocycles. The summed E-state index contributed by atoms with van der Waals surface area (Å²) in [7, 11) is 4.13. The standard InChI is InChI=1S/C30H26N4/c1-33(2)24-19-17-23(18-20-24)29-31-26-16-10-9-15-25(26)30-32-27(21-11-5-3-6-12-21)28(34(29)30)22-13-7-4-8-14-22/h3-20,29,31H,1-2H3. The van der Waals surface area contributed by atoms with E-state index in [0.717, 1.165) is 39.6 Å². The van der Waals surface area contributed by atoms with E-state index in [1.807, 2.05) is 6.07 Å². The van der Waals surface area contributed by atoms with E-state index in [9.17, 15) is 0 Å². The van der Waals surface area contributed by atoms with Gasteiger partial charge in [-0.25, -0.2) is 4.98 Å². The molecule has 6 rings (SSSR count). The van der Waals surface area contributed by atoms with Gasteiger partial charge < -0.3 is 10.2 Å². The normalized spacial score (nSPS) is 14.1. The lowest BCUT2D eigenvalue weighted by molar-refractivity contribution is 0.656. The summed E-state index contributed by atoms with van der Waals surface area (Å²) in [6.45, 7) is 0. The van der Waals surface area contributed by atoms with Crippen LogP contribution < -0.4 is 10.2 Å². The number of benzene rings is 4. The van der Waals surface area contributed by atoms with Gasteiger partial charge in [-0.2, -0.15) is 0 Å². The van der Waals surface area contributed by atoms with Crippen molar-refractivity contribution < 1.29 is 0 Å². The Morgan fingerprint density at radius 3 is 2.00 bits per heavy atom. The van der Waals surface area contributed by atoms with Crippen LogP contribution >= 0.6 is 0 Å². The molecule has 2 heterocycles. The van der Waals surface area contributed by atoms with Crippen LogP contribution in [-0.4, -0.2) is 23.6 Å². The summed E-state index contributed by atoms with van der Waals surface area (Å²) in [6, 6.07) is 38.3. The number of hydrogen-bond acceptors (Lipinski definition) is 3. The monoisotopic (exact) mass is 442 g/mol. The molecule has 0 amide bonds. The second-order valence-electron chi connectivity index (χ2n) is 8.81. The van der Waals surface area contributed by atoms with Crippen LogP contribution in [0.5, 0.6) is 0 Å². The average Bonchev–Trinajstić information content (AvgIpc) is 3.30. The van der Waals surface area contributed by atoms with E-state index in [-0.39, 0.29) is 6.17 Å². The van der Waals surface area contributed by atoms with Gasteiger partial charge in [-0.05, 0) is 29.8 Å². The Bertz CT molecular complexity index is 1430. The van der Waals surface area contributed by atoms with Gasteiger partial charge in [0.15, 0.2) is 0 Å². The molecule has 0 spiro atoms. The van der Waals surface area contributed by atoms with Crippen molar-refractivity contribution in [3.05, 3.63) is 115 Å². The van der Waals surface area contributed by atoms with Crippen molar-refractivity contribution in [3.63, 3.8) is 0 Å². The second-order valence-corrected chi connectivity index (χ2v) is 8.81. The number of nitrogens with zero attached hydrogens (tertiary/aromatic N) is 3. The summed E-state index contributed by atoms with van der Waals surface area (Å²) >= 11 is 0. The second kappa shape index (κ2) is 8.23. The van der Waals surface area contributed by atoms with Gasteiger partial charge in [-0.3, -0.25) is 4.57 Å². The third-order valence-electron chi connectivity index (χ3n) is 6.45. The van der Waals surface area contributed by atoms with Crippen molar-refractivity contribution in [2.45, 2.75) is 6.17 Å². The molecular formula is C30H26N4. The van der Waals surface area contributed by atoms with Gasteiger partial charge >= 0.3 is 0 Å². The zero-order valence-electron chi connectivity index (χ0n) is 19.3. The molecule has 1 atom stereocenters.